The van der Waals surface area contributed by atoms with E-state index in [1.54, 1.807) is 12.0 Å². The van der Waals surface area contributed by atoms with Crippen LogP contribution in [0.3, 0.4) is 0 Å². The molecule has 0 aromatic heterocycles. The summed E-state index contributed by atoms with van der Waals surface area (Å²) in [6, 6.07) is 14.3. The minimum atomic E-state index is -0.255. The van der Waals surface area contributed by atoms with Crippen molar-refractivity contribution in [3.05, 3.63) is 53.6 Å². The quantitative estimate of drug-likeness (QED) is 0.669. The van der Waals surface area contributed by atoms with E-state index >= 15 is 0 Å². The maximum atomic E-state index is 13.4. The predicted molar refractivity (Wildman–Crippen MR) is 142 cm³/mol. The maximum Gasteiger partial charge on any atom is 0.331 e. The molecule has 3 saturated heterocycles. The summed E-state index contributed by atoms with van der Waals surface area (Å²) >= 11 is 0. The summed E-state index contributed by atoms with van der Waals surface area (Å²) < 4.78 is 5.21. The lowest BCUT2D eigenvalue weighted by Crippen LogP contribution is -2.52. The number of nitrogens with one attached hydrogen (secondary N) is 1. The van der Waals surface area contributed by atoms with Gasteiger partial charge in [-0.3, -0.25) is 19.5 Å². The van der Waals surface area contributed by atoms with E-state index in [9.17, 15) is 9.59 Å². The predicted octanol–water partition coefficient (Wildman–Crippen LogP) is 3.24. The molecule has 2 aromatic rings. The number of piperidine rings is 1. The Labute approximate surface area is 213 Å². The van der Waals surface area contributed by atoms with Crippen molar-refractivity contribution in [3.8, 4) is 5.75 Å². The van der Waals surface area contributed by atoms with Gasteiger partial charge in [0.05, 0.1) is 13.7 Å². The number of imide groups is 1. The highest BCUT2D eigenvalue weighted by Gasteiger charge is 2.34. The van der Waals surface area contributed by atoms with E-state index in [1.165, 1.54) is 23.4 Å². The van der Waals surface area contributed by atoms with Crippen LogP contribution in [-0.2, 0) is 11.3 Å². The molecule has 2 aromatic carbocycles. The number of anilines is 2. The molecule has 0 aliphatic carbocycles. The highest BCUT2D eigenvalue weighted by molar-refractivity contribution is 6.06. The molecule has 5 rings (SSSR count). The molecule has 0 spiro atoms. The second kappa shape index (κ2) is 10.9. The minimum Gasteiger partial charge on any atom is -0.497 e. The third-order valence-corrected chi connectivity index (χ3v) is 7.78. The second-order valence-electron chi connectivity index (χ2n) is 9.99. The van der Waals surface area contributed by atoms with Gasteiger partial charge in [-0.2, -0.15) is 0 Å². The Kier molecular flexibility index (Phi) is 7.43. The molecule has 3 heterocycles. The number of hydrogen-bond donors (Lipinski definition) is 1. The number of carbonyl (C=O) groups is 2. The first-order valence-corrected chi connectivity index (χ1v) is 13.1. The van der Waals surface area contributed by atoms with Gasteiger partial charge in [0.1, 0.15) is 5.75 Å². The molecule has 0 atom stereocenters. The maximum absolute atomic E-state index is 13.4. The summed E-state index contributed by atoms with van der Waals surface area (Å²) in [5, 5.41) is 3.45. The smallest absolute Gasteiger partial charge is 0.331 e. The van der Waals surface area contributed by atoms with Crippen molar-refractivity contribution in [2.24, 2.45) is 0 Å². The van der Waals surface area contributed by atoms with Gasteiger partial charge in [-0.1, -0.05) is 12.1 Å². The number of urea groups is 1. The van der Waals surface area contributed by atoms with Crippen LogP contribution in [-0.4, -0.2) is 80.7 Å². The molecule has 3 fully saturated rings. The summed E-state index contributed by atoms with van der Waals surface area (Å²) in [5.41, 5.74) is 4.05. The van der Waals surface area contributed by atoms with E-state index in [-0.39, 0.29) is 18.5 Å². The zero-order valence-corrected chi connectivity index (χ0v) is 21.4. The van der Waals surface area contributed by atoms with Crippen molar-refractivity contribution in [1.82, 2.24) is 15.1 Å². The number of ether oxygens (including phenoxy) is 1. The summed E-state index contributed by atoms with van der Waals surface area (Å²) in [5.74, 6) is 0.620. The van der Waals surface area contributed by atoms with Crippen LogP contribution in [0.2, 0.25) is 0 Å². The van der Waals surface area contributed by atoms with Gasteiger partial charge in [-0.25, -0.2) is 4.79 Å². The Balaban J connectivity index is 1.24. The molecule has 192 valence electrons. The van der Waals surface area contributed by atoms with Crippen LogP contribution in [0.15, 0.2) is 42.5 Å². The van der Waals surface area contributed by atoms with Crippen LogP contribution in [0.1, 0.15) is 30.4 Å². The molecule has 1 N–H and O–H groups in total. The SMILES string of the molecule is COc1ccc(CN2C(=O)CCN(c3ccc(N4CCC(N5CCNCC5)CC4)cc3C)C2=O)cc1. The first-order valence-electron chi connectivity index (χ1n) is 13.1. The van der Waals surface area contributed by atoms with Crippen LogP contribution < -0.4 is 19.9 Å². The molecular formula is C28H37N5O3. The lowest BCUT2D eigenvalue weighted by Gasteiger charge is -2.41. The average molecular weight is 492 g/mol. The van der Waals surface area contributed by atoms with E-state index in [0.29, 0.717) is 19.0 Å². The fourth-order valence-corrected chi connectivity index (χ4v) is 5.66. The van der Waals surface area contributed by atoms with Gasteiger partial charge in [-0.05, 0) is 61.2 Å². The van der Waals surface area contributed by atoms with Gasteiger partial charge >= 0.3 is 6.03 Å². The third-order valence-electron chi connectivity index (χ3n) is 7.78. The van der Waals surface area contributed by atoms with Crippen molar-refractivity contribution in [2.45, 2.75) is 38.8 Å². The fourth-order valence-electron chi connectivity index (χ4n) is 5.66. The van der Waals surface area contributed by atoms with Crippen LogP contribution in [0.4, 0.5) is 16.2 Å². The van der Waals surface area contributed by atoms with Crippen molar-refractivity contribution in [3.63, 3.8) is 0 Å². The number of benzene rings is 2. The normalized spacial score (nSPS) is 20.2. The Morgan fingerprint density at radius 1 is 0.944 bits per heavy atom. The van der Waals surface area contributed by atoms with E-state index < -0.39 is 0 Å². The molecule has 3 amide bonds. The molecular weight excluding hydrogens is 454 g/mol. The van der Waals surface area contributed by atoms with Crippen molar-refractivity contribution >= 4 is 23.3 Å². The first kappa shape index (κ1) is 24.6. The number of methoxy groups -OCH3 is 1. The van der Waals surface area contributed by atoms with Crippen LogP contribution in [0.25, 0.3) is 0 Å². The van der Waals surface area contributed by atoms with E-state index in [2.05, 4.69) is 34.2 Å². The van der Waals surface area contributed by atoms with Gasteiger partial charge in [0.15, 0.2) is 0 Å². The zero-order chi connectivity index (χ0) is 25.1. The third kappa shape index (κ3) is 5.20. The molecule has 8 heteroatoms. The topological polar surface area (TPSA) is 68.4 Å². The van der Waals surface area contributed by atoms with Gasteiger partial charge in [0, 0.05) is 69.7 Å². The number of aryl methyl sites for hydroxylation is 1. The van der Waals surface area contributed by atoms with Crippen LogP contribution >= 0.6 is 0 Å². The standard InChI is InChI=1S/C28H37N5O3/c1-21-19-24(30-14-9-23(10-15-30)31-17-12-29-13-18-31)5-8-26(21)32-16-11-27(34)33(28(32)35)20-22-3-6-25(36-2)7-4-22/h3-8,19,23,29H,9-18,20H2,1-2H3. The summed E-state index contributed by atoms with van der Waals surface area (Å²) in [6.45, 7) is 9.34. The number of carbonyl (C=O) groups excluding carboxylic acids is 2. The lowest BCUT2D eigenvalue weighted by molar-refractivity contribution is -0.129. The summed E-state index contributed by atoms with van der Waals surface area (Å²) in [6.07, 6.45) is 2.70. The number of nitrogens with zero attached hydrogens (tertiary/aromatic N) is 4. The zero-order valence-electron chi connectivity index (χ0n) is 21.4. The van der Waals surface area contributed by atoms with Crippen molar-refractivity contribution < 1.29 is 14.3 Å². The molecule has 3 aliphatic rings. The highest BCUT2D eigenvalue weighted by Crippen LogP contribution is 2.31. The second-order valence-corrected chi connectivity index (χ2v) is 9.99. The molecule has 0 radical (unpaired) electrons. The van der Waals surface area contributed by atoms with E-state index in [1.807, 2.05) is 30.3 Å². The van der Waals surface area contributed by atoms with E-state index in [4.69, 9.17) is 4.74 Å². The summed E-state index contributed by atoms with van der Waals surface area (Å²) in [4.78, 5) is 34.2. The van der Waals surface area contributed by atoms with Crippen LogP contribution in [0.5, 0.6) is 5.75 Å². The number of hydrogen-bond acceptors (Lipinski definition) is 6. The Hall–Kier alpha value is -3.10. The molecule has 8 nitrogen and oxygen atoms in total. The number of piperazine rings is 1. The van der Waals surface area contributed by atoms with Gasteiger partial charge in [0.25, 0.3) is 0 Å². The summed E-state index contributed by atoms with van der Waals surface area (Å²) in [7, 11) is 1.62. The minimum absolute atomic E-state index is 0.131. The number of amides is 3. The molecule has 0 saturated carbocycles. The number of rotatable bonds is 6. The van der Waals surface area contributed by atoms with Gasteiger partial charge in [-0.15, -0.1) is 0 Å². The molecule has 3 aliphatic heterocycles. The molecule has 36 heavy (non-hydrogen) atoms. The average Bonchev–Trinajstić information content (AvgIpc) is 2.92. The lowest BCUT2D eigenvalue weighted by atomic mass is 10.0. The van der Waals surface area contributed by atoms with Crippen molar-refractivity contribution in [2.75, 3.05) is 62.7 Å². The monoisotopic (exact) mass is 491 g/mol. The van der Waals surface area contributed by atoms with E-state index in [0.717, 1.165) is 61.8 Å². The van der Waals surface area contributed by atoms with Crippen molar-refractivity contribution in [1.29, 1.82) is 0 Å². The van der Waals surface area contributed by atoms with Gasteiger partial charge in [0.2, 0.25) is 5.91 Å². The largest absolute Gasteiger partial charge is 0.497 e. The Morgan fingerprint density at radius 2 is 1.67 bits per heavy atom. The first-order chi connectivity index (χ1) is 17.5. The molecule has 0 unspecified atom stereocenters. The fraction of sp³-hybridized carbons (Fsp3) is 0.500. The Bertz CT molecular complexity index is 1080. The molecule has 0 bridgehead atoms. The van der Waals surface area contributed by atoms with Crippen LogP contribution in [0, 0.1) is 6.92 Å². The highest BCUT2D eigenvalue weighted by atomic mass is 16.5. The van der Waals surface area contributed by atoms with Gasteiger partial charge < -0.3 is 15.0 Å². The Morgan fingerprint density at radius 3 is 2.33 bits per heavy atom.